The van der Waals surface area contributed by atoms with E-state index in [2.05, 4.69) is 22.0 Å². The first-order valence-electron chi connectivity index (χ1n) is 6.14. The van der Waals surface area contributed by atoms with Crippen molar-refractivity contribution in [2.75, 3.05) is 11.9 Å². The van der Waals surface area contributed by atoms with Crippen LogP contribution < -0.4 is 4.90 Å². The van der Waals surface area contributed by atoms with E-state index in [-0.39, 0.29) is 5.69 Å². The molecule has 0 saturated carbocycles. The van der Waals surface area contributed by atoms with Crippen LogP contribution in [-0.4, -0.2) is 12.0 Å². The second-order valence-corrected chi connectivity index (χ2v) is 4.99. The van der Waals surface area contributed by atoms with Crippen molar-refractivity contribution in [3.63, 3.8) is 0 Å². The van der Waals surface area contributed by atoms with E-state index in [1.54, 1.807) is 30.3 Å². The zero-order chi connectivity index (χ0) is 15.4. The van der Waals surface area contributed by atoms with Gasteiger partial charge in [0.2, 0.25) is 0 Å². The lowest BCUT2D eigenvalue weighted by Gasteiger charge is -2.20. The first kappa shape index (κ1) is 15.0. The van der Waals surface area contributed by atoms with Crippen LogP contribution in [-0.2, 0) is 5.33 Å². The quantitative estimate of drug-likeness (QED) is 0.474. The van der Waals surface area contributed by atoms with Crippen molar-refractivity contribution in [1.29, 1.82) is 5.26 Å². The third-order valence-electron chi connectivity index (χ3n) is 3.15. The number of hydrogen-bond donors (Lipinski definition) is 0. The summed E-state index contributed by atoms with van der Waals surface area (Å²) < 4.78 is 0. The molecular weight excluding hydrogens is 334 g/mol. The second-order valence-electron chi connectivity index (χ2n) is 4.42. The van der Waals surface area contributed by atoms with E-state index >= 15 is 0 Å². The van der Waals surface area contributed by atoms with Gasteiger partial charge in [0.1, 0.15) is 0 Å². The van der Waals surface area contributed by atoms with Gasteiger partial charge in [-0.05, 0) is 30.3 Å². The van der Waals surface area contributed by atoms with E-state index in [4.69, 9.17) is 5.26 Å². The summed E-state index contributed by atoms with van der Waals surface area (Å²) in [7, 11) is 1.86. The molecule has 2 aromatic rings. The molecule has 0 aliphatic rings. The molecule has 0 atom stereocenters. The van der Waals surface area contributed by atoms with Gasteiger partial charge in [0.05, 0.1) is 16.6 Å². The fourth-order valence-electron chi connectivity index (χ4n) is 2.00. The van der Waals surface area contributed by atoms with Gasteiger partial charge in [0, 0.05) is 35.4 Å². The minimum Gasteiger partial charge on any atom is -0.345 e. The van der Waals surface area contributed by atoms with Crippen LogP contribution in [0.3, 0.4) is 0 Å². The van der Waals surface area contributed by atoms with Crippen molar-refractivity contribution < 1.29 is 4.92 Å². The fraction of sp³-hybridized carbons (Fsp3) is 0.133. The zero-order valence-corrected chi connectivity index (χ0v) is 12.9. The Morgan fingerprint density at radius 2 is 2.00 bits per heavy atom. The molecule has 21 heavy (non-hydrogen) atoms. The predicted octanol–water partition coefficient (Wildman–Crippen LogP) is 4.13. The Morgan fingerprint density at radius 3 is 2.62 bits per heavy atom. The van der Waals surface area contributed by atoms with E-state index < -0.39 is 4.92 Å². The monoisotopic (exact) mass is 345 g/mol. The zero-order valence-electron chi connectivity index (χ0n) is 11.3. The molecule has 0 heterocycles. The Bertz CT molecular complexity index is 725. The van der Waals surface area contributed by atoms with Crippen LogP contribution >= 0.6 is 15.9 Å². The molecule has 0 aliphatic carbocycles. The summed E-state index contributed by atoms with van der Waals surface area (Å²) in [6.07, 6.45) is 0. The van der Waals surface area contributed by atoms with Crippen molar-refractivity contribution in [3.05, 3.63) is 63.7 Å². The molecule has 0 bridgehead atoms. The van der Waals surface area contributed by atoms with Gasteiger partial charge in [-0.25, -0.2) is 0 Å². The van der Waals surface area contributed by atoms with E-state index in [1.165, 1.54) is 6.07 Å². The normalized spacial score (nSPS) is 9.95. The summed E-state index contributed by atoms with van der Waals surface area (Å²) >= 11 is 3.27. The lowest BCUT2D eigenvalue weighted by molar-refractivity contribution is -0.385. The minimum absolute atomic E-state index is 0.0924. The maximum atomic E-state index is 11.0. The third kappa shape index (κ3) is 3.20. The van der Waals surface area contributed by atoms with Crippen LogP contribution in [0.25, 0.3) is 0 Å². The number of halogens is 1. The predicted molar refractivity (Wildman–Crippen MR) is 84.9 cm³/mol. The number of anilines is 2. The van der Waals surface area contributed by atoms with E-state index in [9.17, 15) is 10.1 Å². The van der Waals surface area contributed by atoms with Crippen molar-refractivity contribution in [2.45, 2.75) is 5.33 Å². The van der Waals surface area contributed by atoms with Gasteiger partial charge < -0.3 is 4.90 Å². The number of nitrogens with zero attached hydrogens (tertiary/aromatic N) is 3. The molecule has 0 unspecified atom stereocenters. The van der Waals surface area contributed by atoms with E-state index in [0.29, 0.717) is 16.5 Å². The highest BCUT2D eigenvalue weighted by Gasteiger charge is 2.15. The Labute approximate surface area is 130 Å². The molecule has 0 N–H and O–H groups in total. The van der Waals surface area contributed by atoms with E-state index in [0.717, 1.165) is 11.4 Å². The van der Waals surface area contributed by atoms with Crippen LogP contribution in [0.15, 0.2) is 42.5 Å². The van der Waals surface area contributed by atoms with Gasteiger partial charge in [0.15, 0.2) is 0 Å². The molecule has 6 heteroatoms. The lowest BCUT2D eigenvalue weighted by Crippen LogP contribution is -2.10. The van der Waals surface area contributed by atoms with Crippen LogP contribution in [0.1, 0.15) is 11.1 Å². The highest BCUT2D eigenvalue weighted by Crippen LogP contribution is 2.30. The molecule has 0 spiro atoms. The van der Waals surface area contributed by atoms with Crippen molar-refractivity contribution >= 4 is 33.0 Å². The summed E-state index contributed by atoms with van der Waals surface area (Å²) in [6.45, 7) is 0. The molecule has 5 nitrogen and oxygen atoms in total. The van der Waals surface area contributed by atoms with Gasteiger partial charge in [-0.15, -0.1) is 0 Å². The molecule has 0 radical (unpaired) electrons. The minimum atomic E-state index is -0.392. The SMILES string of the molecule is CN(c1cccc(C#N)c1)c1ccc([N+](=O)[O-])c(CBr)c1. The van der Waals surface area contributed by atoms with Crippen molar-refractivity contribution in [2.24, 2.45) is 0 Å². The maximum absolute atomic E-state index is 11.0. The van der Waals surface area contributed by atoms with Crippen LogP contribution in [0, 0.1) is 21.4 Å². The Hall–Kier alpha value is -2.39. The molecule has 106 valence electrons. The summed E-state index contributed by atoms with van der Waals surface area (Å²) in [5.74, 6) is 0. The topological polar surface area (TPSA) is 70.2 Å². The van der Waals surface area contributed by atoms with Crippen LogP contribution in [0.2, 0.25) is 0 Å². The summed E-state index contributed by atoms with van der Waals surface area (Å²) in [4.78, 5) is 12.4. The van der Waals surface area contributed by atoms with Gasteiger partial charge in [-0.1, -0.05) is 22.0 Å². The molecule has 2 aromatic carbocycles. The average Bonchev–Trinajstić information content (AvgIpc) is 2.53. The molecule has 0 fully saturated rings. The average molecular weight is 346 g/mol. The van der Waals surface area contributed by atoms with Crippen LogP contribution in [0.4, 0.5) is 17.1 Å². The summed E-state index contributed by atoms with van der Waals surface area (Å²) in [6, 6.07) is 14.3. The van der Waals surface area contributed by atoms with Crippen molar-refractivity contribution in [3.8, 4) is 6.07 Å². The van der Waals surface area contributed by atoms with Gasteiger partial charge in [-0.2, -0.15) is 5.26 Å². The number of nitro groups is 1. The first-order chi connectivity index (χ1) is 10.1. The highest BCUT2D eigenvalue weighted by molar-refractivity contribution is 9.08. The molecule has 2 rings (SSSR count). The highest BCUT2D eigenvalue weighted by atomic mass is 79.9. The number of nitro benzene ring substituents is 1. The molecule has 0 aliphatic heterocycles. The number of alkyl halides is 1. The summed E-state index contributed by atoms with van der Waals surface area (Å²) in [5, 5.41) is 20.3. The van der Waals surface area contributed by atoms with Crippen LogP contribution in [0.5, 0.6) is 0 Å². The summed E-state index contributed by atoms with van der Waals surface area (Å²) in [5.41, 5.74) is 2.95. The van der Waals surface area contributed by atoms with Gasteiger partial charge in [0.25, 0.3) is 5.69 Å². The molecule has 0 aromatic heterocycles. The largest absolute Gasteiger partial charge is 0.345 e. The third-order valence-corrected chi connectivity index (χ3v) is 3.76. The molecular formula is C15H12BrN3O2. The number of nitriles is 1. The Balaban J connectivity index is 2.41. The Morgan fingerprint density at radius 1 is 1.29 bits per heavy atom. The van der Waals surface area contributed by atoms with Crippen molar-refractivity contribution in [1.82, 2.24) is 0 Å². The maximum Gasteiger partial charge on any atom is 0.273 e. The lowest BCUT2D eigenvalue weighted by atomic mass is 10.1. The fourth-order valence-corrected chi connectivity index (χ4v) is 2.45. The standard InChI is InChI=1S/C15H12BrN3O2/c1-18(13-4-2-3-11(7-13)10-17)14-5-6-15(19(20)21)12(8-14)9-16/h2-8H,9H2,1H3. The Kier molecular flexibility index (Phi) is 4.55. The molecule has 0 amide bonds. The number of rotatable bonds is 4. The first-order valence-corrected chi connectivity index (χ1v) is 7.26. The van der Waals surface area contributed by atoms with Gasteiger partial charge in [-0.3, -0.25) is 10.1 Å². The number of hydrogen-bond acceptors (Lipinski definition) is 4. The number of benzene rings is 2. The molecule has 0 saturated heterocycles. The van der Waals surface area contributed by atoms with Gasteiger partial charge >= 0.3 is 0 Å². The van der Waals surface area contributed by atoms with E-state index in [1.807, 2.05) is 18.0 Å². The second kappa shape index (κ2) is 6.37. The smallest absolute Gasteiger partial charge is 0.273 e.